The number of hydrogen-bond donors (Lipinski definition) is 0. The van der Waals surface area contributed by atoms with Crippen LogP contribution >= 0.6 is 23.2 Å². The molecule has 0 spiro atoms. The Hall–Kier alpha value is -2.28. The third-order valence-corrected chi connectivity index (χ3v) is 5.14. The molecule has 0 unspecified atom stereocenters. The topological polar surface area (TPSA) is 0 Å². The minimum atomic E-state index is 0.656. The smallest absolute Gasteiger partial charge is 0.0426 e. The molecule has 0 bridgehead atoms. The monoisotopic (exact) mass is 346 g/mol. The van der Waals surface area contributed by atoms with Crippen molar-refractivity contribution in [2.45, 2.75) is 0 Å². The summed E-state index contributed by atoms with van der Waals surface area (Å²) in [6, 6.07) is 25.3. The van der Waals surface area contributed by atoms with Crippen LogP contribution in [0, 0.1) is 0 Å². The third-order valence-electron chi connectivity index (χ3n) is 4.70. The molecule has 0 fully saturated rings. The third kappa shape index (κ3) is 2.00. The first-order chi connectivity index (χ1) is 11.7. The van der Waals surface area contributed by atoms with Crippen LogP contribution < -0.4 is 0 Å². The van der Waals surface area contributed by atoms with Crippen LogP contribution in [0.2, 0.25) is 10.0 Å². The molecule has 0 saturated carbocycles. The zero-order chi connectivity index (χ0) is 16.3. The summed E-state index contributed by atoms with van der Waals surface area (Å²) in [6.45, 7) is 0. The van der Waals surface area contributed by atoms with Crippen LogP contribution in [-0.4, -0.2) is 0 Å². The average Bonchev–Trinajstić information content (AvgIpc) is 2.58. The average molecular weight is 347 g/mol. The summed E-state index contributed by atoms with van der Waals surface area (Å²) < 4.78 is 0. The molecule has 0 nitrogen and oxygen atoms in total. The van der Waals surface area contributed by atoms with Gasteiger partial charge in [-0.2, -0.15) is 0 Å². The molecule has 5 rings (SSSR count). The predicted molar refractivity (Wildman–Crippen MR) is 106 cm³/mol. The largest absolute Gasteiger partial charge is 0.0843 e. The second-order valence-corrected chi connectivity index (χ2v) is 7.00. The second kappa shape index (κ2) is 5.11. The molecule has 0 aliphatic rings. The van der Waals surface area contributed by atoms with E-state index in [-0.39, 0.29) is 0 Å². The summed E-state index contributed by atoms with van der Waals surface area (Å²) in [4.78, 5) is 0. The van der Waals surface area contributed by atoms with Crippen LogP contribution in [0.15, 0.2) is 72.8 Å². The zero-order valence-corrected chi connectivity index (χ0v) is 14.2. The van der Waals surface area contributed by atoms with E-state index < -0.39 is 0 Å². The Kier molecular flexibility index (Phi) is 3.00. The molecular formula is C22H12Cl2. The summed E-state index contributed by atoms with van der Waals surface area (Å²) in [5.41, 5.74) is 2.20. The van der Waals surface area contributed by atoms with Gasteiger partial charge in [-0.15, -0.1) is 0 Å². The van der Waals surface area contributed by atoms with Crippen LogP contribution in [0.3, 0.4) is 0 Å². The molecule has 0 radical (unpaired) electrons. The molecule has 0 aromatic heterocycles. The highest BCUT2D eigenvalue weighted by atomic mass is 35.5. The first-order valence-electron chi connectivity index (χ1n) is 7.84. The molecule has 0 saturated heterocycles. The Labute approximate surface area is 149 Å². The maximum atomic E-state index is 6.22. The summed E-state index contributed by atoms with van der Waals surface area (Å²) in [5, 5.41) is 8.97. The summed E-state index contributed by atoms with van der Waals surface area (Å²) in [7, 11) is 0. The molecule has 0 N–H and O–H groups in total. The van der Waals surface area contributed by atoms with E-state index in [0.717, 1.165) is 11.1 Å². The van der Waals surface area contributed by atoms with Crippen molar-refractivity contribution in [1.82, 2.24) is 0 Å². The lowest BCUT2D eigenvalue weighted by Gasteiger charge is -2.14. The molecule has 0 amide bonds. The molecular weight excluding hydrogens is 335 g/mol. The molecule has 5 aromatic rings. The standard InChI is InChI=1S/C22H12Cl2/c23-17-10-16(11-18(24)12-17)19-8-6-15-5-4-13-2-1-3-14-7-9-20(19)22(15)21(13)14/h1-12H. The van der Waals surface area contributed by atoms with Crippen molar-refractivity contribution in [3.05, 3.63) is 82.8 Å². The van der Waals surface area contributed by atoms with E-state index in [9.17, 15) is 0 Å². The van der Waals surface area contributed by atoms with Crippen molar-refractivity contribution in [3.8, 4) is 11.1 Å². The zero-order valence-electron chi connectivity index (χ0n) is 12.7. The highest BCUT2D eigenvalue weighted by molar-refractivity contribution is 6.35. The quantitative estimate of drug-likeness (QED) is 0.275. The van der Waals surface area contributed by atoms with Crippen LogP contribution in [0.5, 0.6) is 0 Å². The predicted octanol–water partition coefficient (Wildman–Crippen LogP) is 7.56. The lowest BCUT2D eigenvalue weighted by Crippen LogP contribution is -1.87. The summed E-state index contributed by atoms with van der Waals surface area (Å²) >= 11 is 12.4. The van der Waals surface area contributed by atoms with Gasteiger partial charge in [0.15, 0.2) is 0 Å². The lowest BCUT2D eigenvalue weighted by molar-refractivity contribution is 1.66. The highest BCUT2D eigenvalue weighted by Gasteiger charge is 2.12. The normalized spacial score (nSPS) is 11.8. The Bertz CT molecular complexity index is 1190. The SMILES string of the molecule is Clc1cc(Cl)cc(-c2ccc3ccc4cccc5ccc2c3c45)c1. The number of benzene rings is 5. The number of halogens is 2. The van der Waals surface area contributed by atoms with Crippen LogP contribution in [0.1, 0.15) is 0 Å². The van der Waals surface area contributed by atoms with Gasteiger partial charge in [0.2, 0.25) is 0 Å². The molecule has 0 atom stereocenters. The second-order valence-electron chi connectivity index (χ2n) is 6.13. The van der Waals surface area contributed by atoms with Gasteiger partial charge in [0, 0.05) is 10.0 Å². The van der Waals surface area contributed by atoms with Crippen LogP contribution in [-0.2, 0) is 0 Å². The number of hydrogen-bond acceptors (Lipinski definition) is 0. The van der Waals surface area contributed by atoms with Crippen molar-refractivity contribution in [3.63, 3.8) is 0 Å². The van der Waals surface area contributed by atoms with Crippen LogP contribution in [0.25, 0.3) is 43.4 Å². The van der Waals surface area contributed by atoms with E-state index in [1.807, 2.05) is 12.1 Å². The molecule has 0 heterocycles. The lowest BCUT2D eigenvalue weighted by atomic mass is 9.90. The van der Waals surface area contributed by atoms with Gasteiger partial charge in [0.05, 0.1) is 0 Å². The number of rotatable bonds is 1. The summed E-state index contributed by atoms with van der Waals surface area (Å²) in [6.07, 6.45) is 0. The molecule has 2 heteroatoms. The molecule has 24 heavy (non-hydrogen) atoms. The Morgan fingerprint density at radius 3 is 1.83 bits per heavy atom. The molecule has 5 aromatic carbocycles. The van der Waals surface area contributed by atoms with E-state index in [4.69, 9.17) is 23.2 Å². The molecule has 0 aliphatic carbocycles. The highest BCUT2D eigenvalue weighted by Crippen LogP contribution is 2.40. The fourth-order valence-corrected chi connectivity index (χ4v) is 4.22. The van der Waals surface area contributed by atoms with Gasteiger partial charge < -0.3 is 0 Å². The minimum Gasteiger partial charge on any atom is -0.0843 e. The van der Waals surface area contributed by atoms with Crippen molar-refractivity contribution in [2.24, 2.45) is 0 Å². The van der Waals surface area contributed by atoms with Gasteiger partial charge in [-0.25, -0.2) is 0 Å². The van der Waals surface area contributed by atoms with E-state index >= 15 is 0 Å². The van der Waals surface area contributed by atoms with Crippen molar-refractivity contribution < 1.29 is 0 Å². The van der Waals surface area contributed by atoms with E-state index in [0.29, 0.717) is 10.0 Å². The van der Waals surface area contributed by atoms with Gasteiger partial charge in [-0.1, -0.05) is 77.8 Å². The van der Waals surface area contributed by atoms with Gasteiger partial charge in [-0.3, -0.25) is 0 Å². The Balaban J connectivity index is 1.97. The Morgan fingerprint density at radius 1 is 0.542 bits per heavy atom. The van der Waals surface area contributed by atoms with Gasteiger partial charge >= 0.3 is 0 Å². The van der Waals surface area contributed by atoms with E-state index in [2.05, 4.69) is 54.6 Å². The minimum absolute atomic E-state index is 0.656. The fourth-order valence-electron chi connectivity index (χ4n) is 3.70. The molecule has 114 valence electrons. The van der Waals surface area contributed by atoms with E-state index in [1.165, 1.54) is 32.3 Å². The first kappa shape index (κ1) is 14.1. The van der Waals surface area contributed by atoms with E-state index in [1.54, 1.807) is 6.07 Å². The van der Waals surface area contributed by atoms with Crippen molar-refractivity contribution in [2.75, 3.05) is 0 Å². The van der Waals surface area contributed by atoms with Crippen molar-refractivity contribution in [1.29, 1.82) is 0 Å². The van der Waals surface area contributed by atoms with Gasteiger partial charge in [0.25, 0.3) is 0 Å². The maximum absolute atomic E-state index is 6.22. The Morgan fingerprint density at radius 2 is 1.12 bits per heavy atom. The molecule has 0 aliphatic heterocycles. The summed E-state index contributed by atoms with van der Waals surface area (Å²) in [5.74, 6) is 0. The first-order valence-corrected chi connectivity index (χ1v) is 8.59. The van der Waals surface area contributed by atoms with Crippen molar-refractivity contribution >= 4 is 55.5 Å². The van der Waals surface area contributed by atoms with Crippen LogP contribution in [0.4, 0.5) is 0 Å². The fraction of sp³-hybridized carbons (Fsp3) is 0. The maximum Gasteiger partial charge on any atom is 0.0426 e. The van der Waals surface area contributed by atoms with Gasteiger partial charge in [0.1, 0.15) is 0 Å². The van der Waals surface area contributed by atoms with Gasteiger partial charge in [-0.05, 0) is 61.6 Å².